The molecule has 0 heterocycles. The minimum absolute atomic E-state index is 0.0463. The topological polar surface area (TPSA) is 85.3 Å². The lowest BCUT2D eigenvalue weighted by Crippen LogP contribution is -2.09. The summed E-state index contributed by atoms with van der Waals surface area (Å²) in [5.41, 5.74) is 5.11. The highest BCUT2D eigenvalue weighted by Crippen LogP contribution is 2.26. The van der Waals surface area contributed by atoms with E-state index in [0.29, 0.717) is 0 Å². The highest BCUT2D eigenvalue weighted by molar-refractivity contribution is 5.96. The van der Waals surface area contributed by atoms with Crippen LogP contribution in [-0.2, 0) is 4.74 Å². The second-order valence-corrected chi connectivity index (χ2v) is 2.92. The van der Waals surface area contributed by atoms with Crippen LogP contribution in [0.5, 0.6) is 5.75 Å². The fraction of sp³-hybridized carbons (Fsp3) is 0.200. The second-order valence-electron chi connectivity index (χ2n) is 2.92. The second kappa shape index (κ2) is 5.12. The third-order valence-corrected chi connectivity index (χ3v) is 1.89. The van der Waals surface area contributed by atoms with Crippen LogP contribution >= 0.6 is 0 Å². The third-order valence-electron chi connectivity index (χ3n) is 1.89. The van der Waals surface area contributed by atoms with Crippen molar-refractivity contribution in [2.45, 2.75) is 6.61 Å². The van der Waals surface area contributed by atoms with E-state index in [9.17, 15) is 13.6 Å². The summed E-state index contributed by atoms with van der Waals surface area (Å²) < 4.78 is 32.7. The van der Waals surface area contributed by atoms with E-state index < -0.39 is 18.3 Å². The molecule has 0 saturated carbocycles. The Labute approximate surface area is 95.3 Å². The van der Waals surface area contributed by atoms with Gasteiger partial charge in [-0.25, -0.2) is 4.79 Å². The number of nitrogen functional groups attached to an aromatic ring is 1. The molecule has 0 atom stereocenters. The maximum Gasteiger partial charge on any atom is 0.387 e. The molecule has 0 saturated heterocycles. The Bertz CT molecular complexity index is 483. The zero-order valence-electron chi connectivity index (χ0n) is 8.74. The van der Waals surface area contributed by atoms with Crippen LogP contribution in [0.4, 0.5) is 14.5 Å². The summed E-state index contributed by atoms with van der Waals surface area (Å²) in [6.07, 6.45) is 0. The van der Waals surface area contributed by atoms with Crippen molar-refractivity contribution >= 4 is 11.7 Å². The van der Waals surface area contributed by atoms with Gasteiger partial charge in [0.1, 0.15) is 11.8 Å². The number of halogens is 2. The van der Waals surface area contributed by atoms with Gasteiger partial charge < -0.3 is 15.2 Å². The Morgan fingerprint density at radius 2 is 2.18 bits per heavy atom. The molecule has 0 unspecified atom stereocenters. The SMILES string of the molecule is COC(=O)c1cc(OC(F)F)c(C#N)cc1N. The van der Waals surface area contributed by atoms with E-state index in [-0.39, 0.29) is 16.8 Å². The summed E-state index contributed by atoms with van der Waals surface area (Å²) in [6, 6.07) is 3.66. The molecule has 2 N–H and O–H groups in total. The van der Waals surface area contributed by atoms with E-state index in [4.69, 9.17) is 11.0 Å². The molecule has 0 radical (unpaired) electrons. The van der Waals surface area contributed by atoms with E-state index in [1.54, 1.807) is 6.07 Å². The quantitative estimate of drug-likeness (QED) is 0.641. The van der Waals surface area contributed by atoms with Gasteiger partial charge in [0.05, 0.1) is 18.2 Å². The third kappa shape index (κ3) is 2.81. The molecule has 5 nitrogen and oxygen atoms in total. The number of alkyl halides is 2. The van der Waals surface area contributed by atoms with Crippen LogP contribution in [0.25, 0.3) is 0 Å². The first-order valence-corrected chi connectivity index (χ1v) is 4.36. The molecular formula is C10H8F2N2O3. The van der Waals surface area contributed by atoms with Crippen molar-refractivity contribution in [2.24, 2.45) is 0 Å². The monoisotopic (exact) mass is 242 g/mol. The molecular weight excluding hydrogens is 234 g/mol. The van der Waals surface area contributed by atoms with Gasteiger partial charge in [-0.2, -0.15) is 14.0 Å². The van der Waals surface area contributed by atoms with Gasteiger partial charge in [0.15, 0.2) is 0 Å². The molecule has 0 aliphatic heterocycles. The number of ether oxygens (including phenoxy) is 2. The molecule has 0 amide bonds. The van der Waals surface area contributed by atoms with Crippen LogP contribution in [0.1, 0.15) is 15.9 Å². The average molecular weight is 242 g/mol. The van der Waals surface area contributed by atoms with Gasteiger partial charge in [-0.3, -0.25) is 0 Å². The predicted octanol–water partition coefficient (Wildman–Crippen LogP) is 1.53. The lowest BCUT2D eigenvalue weighted by atomic mass is 10.1. The molecule has 0 aliphatic carbocycles. The Morgan fingerprint density at radius 1 is 1.53 bits per heavy atom. The van der Waals surface area contributed by atoms with Gasteiger partial charge in [-0.1, -0.05) is 0 Å². The summed E-state index contributed by atoms with van der Waals surface area (Å²) in [7, 11) is 1.12. The van der Waals surface area contributed by atoms with Crippen LogP contribution in [0.3, 0.4) is 0 Å². The fourth-order valence-electron chi connectivity index (χ4n) is 1.16. The lowest BCUT2D eigenvalue weighted by Gasteiger charge is -2.10. The standard InChI is InChI=1S/C10H8F2N2O3/c1-16-9(15)6-3-8(17-10(11)12)5(4-13)2-7(6)14/h2-3,10H,14H2,1H3. The fourth-order valence-corrected chi connectivity index (χ4v) is 1.16. The smallest absolute Gasteiger partial charge is 0.387 e. The number of benzene rings is 1. The normalized spacial score (nSPS) is 9.82. The number of anilines is 1. The number of carbonyl (C=O) groups is 1. The number of carbonyl (C=O) groups excluding carboxylic acids is 1. The minimum Gasteiger partial charge on any atom is -0.465 e. The Morgan fingerprint density at radius 3 is 2.65 bits per heavy atom. The molecule has 1 rings (SSSR count). The summed E-state index contributed by atoms with van der Waals surface area (Å²) in [5, 5.41) is 8.70. The number of rotatable bonds is 3. The summed E-state index contributed by atoms with van der Waals surface area (Å²) in [5.74, 6) is -1.22. The first kappa shape index (κ1) is 12.7. The van der Waals surface area contributed by atoms with E-state index >= 15 is 0 Å². The number of nitrogens with two attached hydrogens (primary N) is 1. The van der Waals surface area contributed by atoms with Gasteiger partial charge in [-0.05, 0) is 12.1 Å². The highest BCUT2D eigenvalue weighted by Gasteiger charge is 2.17. The van der Waals surface area contributed by atoms with Crippen molar-refractivity contribution in [1.82, 2.24) is 0 Å². The van der Waals surface area contributed by atoms with Gasteiger partial charge in [-0.15, -0.1) is 0 Å². The zero-order valence-corrected chi connectivity index (χ0v) is 8.74. The number of esters is 1. The lowest BCUT2D eigenvalue weighted by molar-refractivity contribution is -0.0501. The van der Waals surface area contributed by atoms with E-state index in [2.05, 4.69) is 9.47 Å². The molecule has 0 fully saturated rings. The van der Waals surface area contributed by atoms with Crippen molar-refractivity contribution in [2.75, 3.05) is 12.8 Å². The van der Waals surface area contributed by atoms with Crippen molar-refractivity contribution < 1.29 is 23.0 Å². The number of hydrogen-bond acceptors (Lipinski definition) is 5. The molecule has 17 heavy (non-hydrogen) atoms. The summed E-state index contributed by atoms with van der Waals surface area (Å²) in [6.45, 7) is -3.10. The van der Waals surface area contributed by atoms with Crippen LogP contribution in [0.2, 0.25) is 0 Å². The first-order chi connectivity index (χ1) is 7.99. The van der Waals surface area contributed by atoms with Crippen LogP contribution in [-0.4, -0.2) is 19.7 Å². The van der Waals surface area contributed by atoms with Crippen LogP contribution < -0.4 is 10.5 Å². The minimum atomic E-state index is -3.10. The van der Waals surface area contributed by atoms with Gasteiger partial charge in [0.2, 0.25) is 0 Å². The Kier molecular flexibility index (Phi) is 3.82. The van der Waals surface area contributed by atoms with Crippen molar-refractivity contribution in [3.05, 3.63) is 23.3 Å². The average Bonchev–Trinajstić information content (AvgIpc) is 2.29. The molecule has 90 valence electrons. The molecule has 1 aromatic carbocycles. The van der Waals surface area contributed by atoms with Gasteiger partial charge >= 0.3 is 12.6 Å². The molecule has 0 aromatic heterocycles. The summed E-state index contributed by atoms with van der Waals surface area (Å²) >= 11 is 0. The van der Waals surface area contributed by atoms with Crippen molar-refractivity contribution in [3.63, 3.8) is 0 Å². The van der Waals surface area contributed by atoms with Gasteiger partial charge in [0, 0.05) is 5.69 Å². The molecule has 7 heteroatoms. The van der Waals surface area contributed by atoms with Gasteiger partial charge in [0.25, 0.3) is 0 Å². The zero-order chi connectivity index (χ0) is 13.0. The Hall–Kier alpha value is -2.36. The van der Waals surface area contributed by atoms with Crippen molar-refractivity contribution in [3.8, 4) is 11.8 Å². The Balaban J connectivity index is 3.28. The van der Waals surface area contributed by atoms with E-state index in [0.717, 1.165) is 19.2 Å². The number of nitrogens with zero attached hydrogens (tertiary/aromatic N) is 1. The molecule has 0 bridgehead atoms. The van der Waals surface area contributed by atoms with Crippen LogP contribution in [0.15, 0.2) is 12.1 Å². The predicted molar refractivity (Wildman–Crippen MR) is 53.5 cm³/mol. The molecule has 1 aromatic rings. The van der Waals surface area contributed by atoms with E-state index in [1.807, 2.05) is 0 Å². The maximum atomic E-state index is 12.1. The largest absolute Gasteiger partial charge is 0.465 e. The number of nitriles is 1. The van der Waals surface area contributed by atoms with Crippen LogP contribution in [0, 0.1) is 11.3 Å². The highest BCUT2D eigenvalue weighted by atomic mass is 19.3. The number of methoxy groups -OCH3 is 1. The van der Waals surface area contributed by atoms with Crippen molar-refractivity contribution in [1.29, 1.82) is 5.26 Å². The molecule has 0 spiro atoms. The maximum absolute atomic E-state index is 12.1. The number of hydrogen-bond donors (Lipinski definition) is 1. The first-order valence-electron chi connectivity index (χ1n) is 4.36. The van der Waals surface area contributed by atoms with E-state index in [1.165, 1.54) is 0 Å². The summed E-state index contributed by atoms with van der Waals surface area (Å²) in [4.78, 5) is 11.2. The molecule has 0 aliphatic rings.